The van der Waals surface area contributed by atoms with Crippen molar-refractivity contribution in [1.29, 1.82) is 0 Å². The van der Waals surface area contributed by atoms with E-state index in [1.807, 2.05) is 10.9 Å². The van der Waals surface area contributed by atoms with E-state index in [1.165, 1.54) is 11.0 Å². The number of nitrogens with zero attached hydrogens (tertiary/aromatic N) is 2. The van der Waals surface area contributed by atoms with Gasteiger partial charge in [-0.05, 0) is 47.0 Å². The maximum absolute atomic E-state index is 12.4. The molecule has 0 saturated heterocycles. The summed E-state index contributed by atoms with van der Waals surface area (Å²) in [4.78, 5) is 11.4. The lowest BCUT2D eigenvalue weighted by Gasteiger charge is -2.13. The van der Waals surface area contributed by atoms with E-state index in [2.05, 4.69) is 39.3 Å². The summed E-state index contributed by atoms with van der Waals surface area (Å²) in [7, 11) is 0. The number of carbonyl (C=O) groups excluding carboxylic acids is 1. The standard InChI is InChI=1S/C10H9BrN2OS.C9H15F2N3O/c1-6-4-7-9-8(11)5-12-13(9)2-3-14-10(7)15-6;10-2-1-7(4-9(11)13)3-8(5-12)14-6-15/h4-5H,2-3H2,1H3;1,4,6,8H,2-3,5,12-13H2,(H,14,15)/b;7-1-,9-4-. The molecule has 0 aromatic carbocycles. The van der Waals surface area contributed by atoms with Crippen molar-refractivity contribution in [3.8, 4) is 16.3 Å². The maximum atomic E-state index is 12.4. The van der Waals surface area contributed by atoms with Gasteiger partial charge in [-0.15, -0.1) is 11.3 Å². The first kappa shape index (κ1) is 24.0. The molecule has 0 spiro atoms. The van der Waals surface area contributed by atoms with Crippen molar-refractivity contribution in [3.05, 3.63) is 45.3 Å². The molecule has 7 nitrogen and oxygen atoms in total. The second-order valence-corrected chi connectivity index (χ2v) is 8.43. The molecule has 1 aliphatic rings. The Labute approximate surface area is 185 Å². The van der Waals surface area contributed by atoms with Crippen molar-refractivity contribution in [1.82, 2.24) is 15.1 Å². The van der Waals surface area contributed by atoms with Gasteiger partial charge in [0, 0.05) is 17.5 Å². The van der Waals surface area contributed by atoms with Gasteiger partial charge in [0.2, 0.25) is 6.41 Å². The zero-order chi connectivity index (χ0) is 22.1. The van der Waals surface area contributed by atoms with Crippen LogP contribution in [0.5, 0.6) is 5.06 Å². The Morgan fingerprint density at radius 3 is 2.97 bits per heavy atom. The second-order valence-electron chi connectivity index (χ2n) is 6.35. The number of allylic oxidation sites excluding steroid dienone is 2. The van der Waals surface area contributed by atoms with E-state index >= 15 is 0 Å². The number of halogens is 3. The molecule has 0 aliphatic carbocycles. The summed E-state index contributed by atoms with van der Waals surface area (Å²) in [6.45, 7) is 3.05. The van der Waals surface area contributed by atoms with Gasteiger partial charge in [-0.3, -0.25) is 9.48 Å². The van der Waals surface area contributed by atoms with Crippen LogP contribution in [0.2, 0.25) is 0 Å². The first-order valence-corrected chi connectivity index (χ1v) is 10.7. The number of amides is 1. The number of ether oxygens (including phenoxy) is 1. The summed E-state index contributed by atoms with van der Waals surface area (Å²) >= 11 is 5.23. The zero-order valence-corrected chi connectivity index (χ0v) is 18.8. The highest BCUT2D eigenvalue weighted by atomic mass is 79.9. The Balaban J connectivity index is 0.000000214. The Bertz CT molecular complexity index is 909. The summed E-state index contributed by atoms with van der Waals surface area (Å²) in [6, 6.07) is 1.81. The number of thiophene rings is 1. The van der Waals surface area contributed by atoms with Gasteiger partial charge in [0.05, 0.1) is 28.5 Å². The number of carbonyl (C=O) groups is 1. The highest BCUT2D eigenvalue weighted by Gasteiger charge is 2.21. The molecule has 1 amide bonds. The molecule has 0 saturated carbocycles. The Kier molecular flexibility index (Phi) is 9.47. The topological polar surface area (TPSA) is 108 Å². The van der Waals surface area contributed by atoms with E-state index in [-0.39, 0.29) is 19.0 Å². The number of alkyl halides is 1. The fourth-order valence-electron chi connectivity index (χ4n) is 2.86. The molecule has 30 heavy (non-hydrogen) atoms. The first-order chi connectivity index (χ1) is 14.4. The van der Waals surface area contributed by atoms with Crippen molar-refractivity contribution in [2.75, 3.05) is 19.8 Å². The minimum absolute atomic E-state index is 0.183. The van der Waals surface area contributed by atoms with Crippen LogP contribution in [-0.2, 0) is 11.3 Å². The van der Waals surface area contributed by atoms with Gasteiger partial charge in [-0.1, -0.05) is 6.08 Å². The van der Waals surface area contributed by atoms with Crippen LogP contribution in [0.15, 0.2) is 40.4 Å². The van der Waals surface area contributed by atoms with Crippen LogP contribution in [0.1, 0.15) is 11.3 Å². The summed E-state index contributed by atoms with van der Waals surface area (Å²) in [5, 5.41) is 7.76. The predicted octanol–water partition coefficient (Wildman–Crippen LogP) is 3.19. The minimum atomic E-state index is -0.906. The van der Waals surface area contributed by atoms with E-state index in [4.69, 9.17) is 16.2 Å². The molecule has 3 rings (SSSR count). The number of hydrogen-bond acceptors (Lipinski definition) is 6. The van der Waals surface area contributed by atoms with Crippen LogP contribution in [0.3, 0.4) is 0 Å². The summed E-state index contributed by atoms with van der Waals surface area (Å²) in [6.07, 6.45) is 4.77. The molecule has 2 aromatic rings. The Morgan fingerprint density at radius 2 is 2.33 bits per heavy atom. The third-order valence-corrected chi connectivity index (χ3v) is 5.68. The Hall–Kier alpha value is -2.24. The highest BCUT2D eigenvalue weighted by Crippen LogP contribution is 2.42. The third-order valence-electron chi connectivity index (χ3n) is 4.14. The van der Waals surface area contributed by atoms with Gasteiger partial charge < -0.3 is 21.5 Å². The minimum Gasteiger partial charge on any atom is -0.481 e. The molecule has 2 aromatic heterocycles. The number of nitrogens with one attached hydrogen (secondary N) is 1. The Morgan fingerprint density at radius 1 is 1.57 bits per heavy atom. The molecule has 164 valence electrons. The number of aromatic nitrogens is 2. The van der Waals surface area contributed by atoms with Gasteiger partial charge in [0.1, 0.15) is 13.3 Å². The van der Waals surface area contributed by atoms with E-state index in [9.17, 15) is 13.6 Å². The molecule has 1 atom stereocenters. The van der Waals surface area contributed by atoms with Gasteiger partial charge in [0.15, 0.2) is 11.0 Å². The van der Waals surface area contributed by atoms with Gasteiger partial charge in [-0.25, -0.2) is 4.39 Å². The lowest BCUT2D eigenvalue weighted by molar-refractivity contribution is -0.110. The van der Waals surface area contributed by atoms with Crippen LogP contribution in [-0.4, -0.2) is 42.1 Å². The quantitative estimate of drug-likeness (QED) is 0.305. The normalized spacial score (nSPS) is 14.4. The van der Waals surface area contributed by atoms with Crippen molar-refractivity contribution in [3.63, 3.8) is 0 Å². The summed E-state index contributed by atoms with van der Waals surface area (Å²) in [5.41, 5.74) is 12.8. The number of hydrogen-bond donors (Lipinski definition) is 3. The fraction of sp³-hybridized carbons (Fsp3) is 0.368. The molecule has 1 aliphatic heterocycles. The number of nitrogens with two attached hydrogens (primary N) is 2. The maximum Gasteiger partial charge on any atom is 0.207 e. The number of fused-ring (bicyclic) bond motifs is 3. The van der Waals surface area contributed by atoms with Crippen LogP contribution < -0.4 is 21.5 Å². The zero-order valence-electron chi connectivity index (χ0n) is 16.4. The molecular formula is C19H24BrF2N5O2S. The first-order valence-electron chi connectivity index (χ1n) is 9.11. The molecule has 0 bridgehead atoms. The number of rotatable bonds is 7. The van der Waals surface area contributed by atoms with Gasteiger partial charge >= 0.3 is 0 Å². The summed E-state index contributed by atoms with van der Waals surface area (Å²) in [5.74, 6) is -0.906. The lowest BCUT2D eigenvalue weighted by Crippen LogP contribution is -2.35. The number of aryl methyl sites for hydroxylation is 1. The van der Waals surface area contributed by atoms with Gasteiger partial charge in [0.25, 0.3) is 0 Å². The lowest BCUT2D eigenvalue weighted by atomic mass is 10.1. The van der Waals surface area contributed by atoms with E-state index < -0.39 is 12.6 Å². The predicted molar refractivity (Wildman–Crippen MR) is 118 cm³/mol. The van der Waals surface area contributed by atoms with E-state index in [1.54, 1.807) is 11.3 Å². The molecule has 11 heteroatoms. The van der Waals surface area contributed by atoms with Crippen molar-refractivity contribution in [2.24, 2.45) is 11.5 Å². The molecule has 0 radical (unpaired) electrons. The van der Waals surface area contributed by atoms with Crippen LogP contribution in [0.4, 0.5) is 8.78 Å². The largest absolute Gasteiger partial charge is 0.481 e. The van der Waals surface area contributed by atoms with Crippen molar-refractivity contribution < 1.29 is 18.3 Å². The van der Waals surface area contributed by atoms with Crippen molar-refractivity contribution >= 4 is 33.7 Å². The fourth-order valence-corrected chi connectivity index (χ4v) is 4.24. The molecule has 5 N–H and O–H groups in total. The molecule has 0 fully saturated rings. The SMILES string of the molecule is Cc1cc2c(s1)OCCn1ncc(Br)c1-2.NCC(CC(=C/CF)/C=C(\N)F)NC=O. The van der Waals surface area contributed by atoms with Crippen LogP contribution >= 0.6 is 27.3 Å². The van der Waals surface area contributed by atoms with Crippen LogP contribution in [0, 0.1) is 6.92 Å². The average molecular weight is 504 g/mol. The van der Waals surface area contributed by atoms with Gasteiger partial charge in [-0.2, -0.15) is 9.49 Å². The van der Waals surface area contributed by atoms with Crippen molar-refractivity contribution in [2.45, 2.75) is 25.9 Å². The monoisotopic (exact) mass is 503 g/mol. The average Bonchev–Trinajstić information content (AvgIpc) is 3.18. The van der Waals surface area contributed by atoms with Crippen LogP contribution in [0.25, 0.3) is 11.3 Å². The third kappa shape index (κ3) is 6.64. The second kappa shape index (κ2) is 11.8. The molecule has 3 heterocycles. The van der Waals surface area contributed by atoms with E-state index in [0.717, 1.165) is 33.4 Å². The summed E-state index contributed by atoms with van der Waals surface area (Å²) < 4.78 is 33.1. The molecule has 1 unspecified atom stereocenters. The highest BCUT2D eigenvalue weighted by molar-refractivity contribution is 9.10. The molecular weight excluding hydrogens is 480 g/mol. The van der Waals surface area contributed by atoms with E-state index in [0.29, 0.717) is 18.6 Å². The smallest absolute Gasteiger partial charge is 0.207 e.